The van der Waals surface area contributed by atoms with Crippen LogP contribution >= 0.6 is 0 Å². The largest absolute Gasteiger partial charge is 0.489 e. The van der Waals surface area contributed by atoms with Crippen LogP contribution in [-0.2, 0) is 17.6 Å². The van der Waals surface area contributed by atoms with Crippen LogP contribution in [0.25, 0.3) is 0 Å². The number of ether oxygens (including phenoxy) is 1. The van der Waals surface area contributed by atoms with Gasteiger partial charge in [-0.25, -0.2) is 0 Å². The predicted octanol–water partition coefficient (Wildman–Crippen LogP) is 4.61. The Hall–Kier alpha value is -3.15. The van der Waals surface area contributed by atoms with E-state index < -0.39 is 5.54 Å². The zero-order valence-electron chi connectivity index (χ0n) is 17.5. The number of hydrogen-bond acceptors (Lipinski definition) is 5. The topological polar surface area (TPSA) is 77.2 Å². The second-order valence-corrected chi connectivity index (χ2v) is 8.55. The van der Waals surface area contributed by atoms with Crippen LogP contribution in [0.1, 0.15) is 62.3 Å². The Balaban J connectivity index is 1.63. The van der Waals surface area contributed by atoms with Crippen LogP contribution < -0.4 is 10.1 Å². The van der Waals surface area contributed by atoms with Crippen LogP contribution in [0, 0.1) is 0 Å². The molecular formula is C23H27N3O3. The van der Waals surface area contributed by atoms with Gasteiger partial charge in [0.2, 0.25) is 5.89 Å². The summed E-state index contributed by atoms with van der Waals surface area (Å²) in [5.41, 5.74) is 0.529. The molecule has 6 nitrogen and oxygen atoms in total. The SMILES string of the molecule is CC(C)(C)c1nc(C(C)(C)NC(=O)c2ccc(COc3ccccc3)cc2)no1. The predicted molar refractivity (Wildman–Crippen MR) is 111 cm³/mol. The molecule has 0 aliphatic heterocycles. The maximum absolute atomic E-state index is 12.7. The first-order valence-electron chi connectivity index (χ1n) is 9.59. The van der Waals surface area contributed by atoms with E-state index >= 15 is 0 Å². The standard InChI is InChI=1S/C23H27N3O3/c1-22(2,3)21-24-20(26-29-21)23(4,5)25-19(27)17-13-11-16(12-14-17)15-28-18-9-7-6-8-10-18/h6-14H,15H2,1-5H3,(H,25,27). The van der Waals surface area contributed by atoms with Gasteiger partial charge in [-0.05, 0) is 43.7 Å². The Morgan fingerprint density at radius 2 is 1.66 bits per heavy atom. The molecule has 1 aromatic heterocycles. The van der Waals surface area contributed by atoms with E-state index in [1.807, 2.05) is 77.1 Å². The lowest BCUT2D eigenvalue weighted by molar-refractivity contribution is 0.0907. The Kier molecular flexibility index (Phi) is 5.73. The number of hydrogen-bond donors (Lipinski definition) is 1. The molecule has 1 amide bonds. The summed E-state index contributed by atoms with van der Waals surface area (Å²) in [4.78, 5) is 17.2. The highest BCUT2D eigenvalue weighted by molar-refractivity contribution is 5.94. The van der Waals surface area contributed by atoms with Gasteiger partial charge in [0.1, 0.15) is 12.4 Å². The van der Waals surface area contributed by atoms with E-state index in [1.165, 1.54) is 0 Å². The number of nitrogens with one attached hydrogen (secondary N) is 1. The molecule has 6 heteroatoms. The number of rotatable bonds is 6. The maximum atomic E-state index is 12.7. The number of amides is 1. The summed E-state index contributed by atoms with van der Waals surface area (Å²) < 4.78 is 11.1. The summed E-state index contributed by atoms with van der Waals surface area (Å²) in [7, 11) is 0. The third-order valence-corrected chi connectivity index (χ3v) is 4.42. The van der Waals surface area contributed by atoms with Gasteiger partial charge in [-0.15, -0.1) is 0 Å². The smallest absolute Gasteiger partial charge is 0.252 e. The lowest BCUT2D eigenvalue weighted by Gasteiger charge is -2.22. The van der Waals surface area contributed by atoms with Gasteiger partial charge in [-0.2, -0.15) is 4.98 Å². The van der Waals surface area contributed by atoms with Crippen LogP contribution in [0.3, 0.4) is 0 Å². The average Bonchev–Trinajstić information content (AvgIpc) is 3.19. The fraction of sp³-hybridized carbons (Fsp3) is 0.348. The Morgan fingerprint density at radius 3 is 2.24 bits per heavy atom. The number of aromatic nitrogens is 2. The van der Waals surface area contributed by atoms with E-state index in [0.29, 0.717) is 23.9 Å². The molecule has 1 N–H and O–H groups in total. The molecule has 29 heavy (non-hydrogen) atoms. The number of carbonyl (C=O) groups is 1. The highest BCUT2D eigenvalue weighted by Crippen LogP contribution is 2.24. The highest BCUT2D eigenvalue weighted by atomic mass is 16.5. The number of benzene rings is 2. The molecule has 0 saturated carbocycles. The van der Waals surface area contributed by atoms with Gasteiger partial charge < -0.3 is 14.6 Å². The van der Waals surface area contributed by atoms with Crippen molar-refractivity contribution < 1.29 is 14.1 Å². The summed E-state index contributed by atoms with van der Waals surface area (Å²) in [5, 5.41) is 7.03. The van der Waals surface area contributed by atoms with Crippen molar-refractivity contribution >= 4 is 5.91 Å². The normalized spacial score (nSPS) is 11.9. The first-order chi connectivity index (χ1) is 13.6. The Morgan fingerprint density at radius 1 is 1.00 bits per heavy atom. The Bertz CT molecular complexity index is 955. The van der Waals surface area contributed by atoms with Crippen molar-refractivity contribution in [2.45, 2.75) is 52.2 Å². The van der Waals surface area contributed by atoms with E-state index in [-0.39, 0.29) is 11.3 Å². The summed E-state index contributed by atoms with van der Waals surface area (Å²) >= 11 is 0. The van der Waals surface area contributed by atoms with Gasteiger partial charge in [0.15, 0.2) is 5.82 Å². The van der Waals surface area contributed by atoms with Crippen LogP contribution in [0.4, 0.5) is 0 Å². The molecule has 0 fully saturated rings. The molecular weight excluding hydrogens is 366 g/mol. The molecule has 0 aliphatic rings. The van der Waals surface area contributed by atoms with E-state index in [9.17, 15) is 4.79 Å². The lowest BCUT2D eigenvalue weighted by atomic mass is 9.96. The van der Waals surface area contributed by atoms with Gasteiger partial charge in [0, 0.05) is 11.0 Å². The highest BCUT2D eigenvalue weighted by Gasteiger charge is 2.31. The van der Waals surface area contributed by atoms with Crippen LogP contribution in [0.15, 0.2) is 59.1 Å². The Labute approximate surface area is 171 Å². The van der Waals surface area contributed by atoms with Crippen molar-refractivity contribution in [2.24, 2.45) is 0 Å². The zero-order valence-corrected chi connectivity index (χ0v) is 17.5. The van der Waals surface area contributed by atoms with Crippen LogP contribution in [-0.4, -0.2) is 16.0 Å². The molecule has 152 valence electrons. The quantitative estimate of drug-likeness (QED) is 0.662. The molecule has 0 aliphatic carbocycles. The molecule has 0 atom stereocenters. The van der Waals surface area contributed by atoms with Gasteiger partial charge in [-0.1, -0.05) is 56.3 Å². The molecule has 3 rings (SSSR count). The molecule has 0 bridgehead atoms. The van der Waals surface area contributed by atoms with Gasteiger partial charge in [0.05, 0.1) is 5.54 Å². The third kappa shape index (κ3) is 5.22. The molecule has 0 unspecified atom stereocenters. The first kappa shape index (κ1) is 20.6. The zero-order chi connectivity index (χ0) is 21.1. The third-order valence-electron chi connectivity index (χ3n) is 4.42. The number of para-hydroxylation sites is 1. The summed E-state index contributed by atoms with van der Waals surface area (Å²) in [5.74, 6) is 1.60. The van der Waals surface area contributed by atoms with E-state index in [1.54, 1.807) is 12.1 Å². The summed E-state index contributed by atoms with van der Waals surface area (Å²) in [6.45, 7) is 10.1. The van der Waals surface area contributed by atoms with Crippen molar-refractivity contribution in [2.75, 3.05) is 0 Å². The van der Waals surface area contributed by atoms with E-state index in [2.05, 4.69) is 15.5 Å². The van der Waals surface area contributed by atoms with Crippen molar-refractivity contribution in [1.82, 2.24) is 15.5 Å². The molecule has 3 aromatic rings. The van der Waals surface area contributed by atoms with Crippen LogP contribution in [0.2, 0.25) is 0 Å². The lowest BCUT2D eigenvalue weighted by Crippen LogP contribution is -2.42. The second-order valence-electron chi connectivity index (χ2n) is 8.55. The van der Waals surface area contributed by atoms with E-state index in [0.717, 1.165) is 11.3 Å². The first-order valence-corrected chi connectivity index (χ1v) is 9.59. The van der Waals surface area contributed by atoms with Crippen molar-refractivity contribution in [1.29, 1.82) is 0 Å². The van der Waals surface area contributed by atoms with Gasteiger partial charge >= 0.3 is 0 Å². The fourth-order valence-corrected chi connectivity index (χ4v) is 2.63. The van der Waals surface area contributed by atoms with Crippen molar-refractivity contribution in [3.63, 3.8) is 0 Å². The minimum absolute atomic E-state index is 0.201. The minimum Gasteiger partial charge on any atom is -0.489 e. The molecule has 0 saturated heterocycles. The van der Waals surface area contributed by atoms with Crippen molar-refractivity contribution in [3.05, 3.63) is 77.4 Å². The fourth-order valence-electron chi connectivity index (χ4n) is 2.63. The molecule has 0 radical (unpaired) electrons. The molecule has 2 aromatic carbocycles. The molecule has 1 heterocycles. The number of nitrogens with zero attached hydrogens (tertiary/aromatic N) is 2. The van der Waals surface area contributed by atoms with Crippen LogP contribution in [0.5, 0.6) is 5.75 Å². The van der Waals surface area contributed by atoms with Gasteiger partial charge in [-0.3, -0.25) is 4.79 Å². The number of carbonyl (C=O) groups excluding carboxylic acids is 1. The van der Waals surface area contributed by atoms with E-state index in [4.69, 9.17) is 9.26 Å². The summed E-state index contributed by atoms with van der Waals surface area (Å²) in [6.07, 6.45) is 0. The average molecular weight is 393 g/mol. The molecule has 0 spiro atoms. The minimum atomic E-state index is -0.765. The second kappa shape index (κ2) is 8.07. The summed E-state index contributed by atoms with van der Waals surface area (Å²) in [6, 6.07) is 17.0. The monoisotopic (exact) mass is 393 g/mol. The maximum Gasteiger partial charge on any atom is 0.252 e. The van der Waals surface area contributed by atoms with Crippen molar-refractivity contribution in [3.8, 4) is 5.75 Å². The van der Waals surface area contributed by atoms with Gasteiger partial charge in [0.25, 0.3) is 5.91 Å².